The van der Waals surface area contributed by atoms with Gasteiger partial charge in [0, 0.05) is 26.2 Å². The zero-order chi connectivity index (χ0) is 19.1. The van der Waals surface area contributed by atoms with Gasteiger partial charge in [-0.2, -0.15) is 0 Å². The molecule has 2 aromatic carbocycles. The Morgan fingerprint density at radius 3 is 2.64 bits per heavy atom. The molecule has 3 aromatic rings. The lowest BCUT2D eigenvalue weighted by Crippen LogP contribution is -2.54. The SMILES string of the molecule is O=C([C@H]1COc2ccccc2O1)N1CCN(c2nc3c(Cl)cccc3s2)CC1. The highest BCUT2D eigenvalue weighted by Crippen LogP contribution is 2.34. The van der Waals surface area contributed by atoms with Crippen molar-refractivity contribution in [3.63, 3.8) is 0 Å². The van der Waals surface area contributed by atoms with E-state index < -0.39 is 6.10 Å². The highest BCUT2D eigenvalue weighted by Gasteiger charge is 2.33. The van der Waals surface area contributed by atoms with E-state index in [9.17, 15) is 4.79 Å². The molecule has 3 heterocycles. The Kier molecular flexibility index (Phi) is 4.49. The molecule has 0 N–H and O–H groups in total. The number of anilines is 1. The molecule has 2 aliphatic rings. The smallest absolute Gasteiger partial charge is 0.267 e. The Hall–Kier alpha value is -2.51. The first kappa shape index (κ1) is 17.6. The molecule has 28 heavy (non-hydrogen) atoms. The molecule has 1 aromatic heterocycles. The van der Waals surface area contributed by atoms with E-state index in [2.05, 4.69) is 9.88 Å². The number of benzene rings is 2. The summed E-state index contributed by atoms with van der Waals surface area (Å²) in [5.74, 6) is 1.28. The van der Waals surface area contributed by atoms with Gasteiger partial charge in [-0.15, -0.1) is 0 Å². The predicted octanol–water partition coefficient (Wildman–Crippen LogP) is 3.44. The third kappa shape index (κ3) is 3.14. The lowest BCUT2D eigenvalue weighted by atomic mass is 10.2. The molecule has 1 atom stereocenters. The number of rotatable bonds is 2. The van der Waals surface area contributed by atoms with Crippen molar-refractivity contribution < 1.29 is 14.3 Å². The standard InChI is InChI=1S/C20H18ClN3O3S/c21-13-4-3-7-17-18(13)22-20(28-17)24-10-8-23(9-11-24)19(25)16-12-26-14-5-1-2-6-15(14)27-16/h1-7,16H,8-12H2/t16-/m1/s1. The van der Waals surface area contributed by atoms with Crippen LogP contribution in [0.4, 0.5) is 5.13 Å². The molecule has 144 valence electrons. The van der Waals surface area contributed by atoms with Gasteiger partial charge in [0.2, 0.25) is 6.10 Å². The second kappa shape index (κ2) is 7.14. The van der Waals surface area contributed by atoms with E-state index >= 15 is 0 Å². The van der Waals surface area contributed by atoms with E-state index in [4.69, 9.17) is 21.1 Å². The number of hydrogen-bond acceptors (Lipinski definition) is 6. The van der Waals surface area contributed by atoms with Gasteiger partial charge in [0.05, 0.1) is 9.72 Å². The maximum atomic E-state index is 12.9. The first-order valence-electron chi connectivity index (χ1n) is 9.16. The monoisotopic (exact) mass is 415 g/mol. The van der Waals surface area contributed by atoms with Gasteiger partial charge < -0.3 is 19.3 Å². The minimum Gasteiger partial charge on any atom is -0.485 e. The highest BCUT2D eigenvalue weighted by molar-refractivity contribution is 7.22. The van der Waals surface area contributed by atoms with Gasteiger partial charge in [-0.25, -0.2) is 4.98 Å². The number of ether oxygens (including phenoxy) is 2. The lowest BCUT2D eigenvalue weighted by molar-refractivity contribution is -0.141. The molecule has 8 heteroatoms. The van der Waals surface area contributed by atoms with Crippen LogP contribution in [0.25, 0.3) is 10.2 Å². The topological polar surface area (TPSA) is 54.9 Å². The van der Waals surface area contributed by atoms with E-state index in [0.717, 1.165) is 28.4 Å². The minimum absolute atomic E-state index is 0.0264. The number of hydrogen-bond donors (Lipinski definition) is 0. The van der Waals surface area contributed by atoms with E-state index in [-0.39, 0.29) is 12.5 Å². The number of amides is 1. The largest absolute Gasteiger partial charge is 0.485 e. The Morgan fingerprint density at radius 1 is 1.07 bits per heavy atom. The van der Waals surface area contributed by atoms with E-state index in [0.29, 0.717) is 29.6 Å². The van der Waals surface area contributed by atoms with Crippen LogP contribution in [-0.2, 0) is 4.79 Å². The normalized spacial score (nSPS) is 19.1. The van der Waals surface area contributed by atoms with Crippen molar-refractivity contribution >= 4 is 44.2 Å². The minimum atomic E-state index is -0.595. The van der Waals surface area contributed by atoms with Gasteiger partial charge in [0.25, 0.3) is 5.91 Å². The Bertz CT molecular complexity index is 1030. The zero-order valence-corrected chi connectivity index (χ0v) is 16.6. The lowest BCUT2D eigenvalue weighted by Gasteiger charge is -2.37. The molecule has 1 fully saturated rings. The molecule has 1 amide bonds. The number of fused-ring (bicyclic) bond motifs is 2. The number of thiazole rings is 1. The van der Waals surface area contributed by atoms with Crippen molar-refractivity contribution in [2.45, 2.75) is 6.10 Å². The molecule has 5 rings (SSSR count). The molecule has 1 saturated heterocycles. The molecule has 0 radical (unpaired) electrons. The van der Waals surface area contributed by atoms with Crippen molar-refractivity contribution in [2.75, 3.05) is 37.7 Å². The number of nitrogens with zero attached hydrogens (tertiary/aromatic N) is 3. The molecule has 2 aliphatic heterocycles. The average Bonchev–Trinajstić information content (AvgIpc) is 3.19. The number of carbonyl (C=O) groups is 1. The molecule has 0 saturated carbocycles. The van der Waals surface area contributed by atoms with Crippen LogP contribution in [-0.4, -0.2) is 54.7 Å². The molecule has 0 bridgehead atoms. The Labute approximate surface area is 171 Å². The van der Waals surface area contributed by atoms with Gasteiger partial charge in [-0.1, -0.05) is 41.1 Å². The van der Waals surface area contributed by atoms with Gasteiger partial charge in [0.1, 0.15) is 12.1 Å². The molecular formula is C20H18ClN3O3S. The Morgan fingerprint density at radius 2 is 1.86 bits per heavy atom. The summed E-state index contributed by atoms with van der Waals surface area (Å²) < 4.78 is 12.6. The average molecular weight is 416 g/mol. The summed E-state index contributed by atoms with van der Waals surface area (Å²) in [4.78, 5) is 21.6. The number of halogens is 1. The summed E-state index contributed by atoms with van der Waals surface area (Å²) in [6, 6.07) is 13.3. The first-order chi connectivity index (χ1) is 13.7. The van der Waals surface area contributed by atoms with Crippen LogP contribution in [0.5, 0.6) is 11.5 Å². The molecule has 0 aliphatic carbocycles. The fraction of sp³-hybridized carbons (Fsp3) is 0.300. The summed E-state index contributed by atoms with van der Waals surface area (Å²) >= 11 is 7.87. The van der Waals surface area contributed by atoms with Crippen LogP contribution in [0, 0.1) is 0 Å². The van der Waals surface area contributed by atoms with Crippen LogP contribution < -0.4 is 14.4 Å². The van der Waals surface area contributed by atoms with Crippen molar-refractivity contribution in [3.05, 3.63) is 47.5 Å². The van der Waals surface area contributed by atoms with Crippen LogP contribution in [0.15, 0.2) is 42.5 Å². The van der Waals surface area contributed by atoms with E-state index in [1.807, 2.05) is 47.4 Å². The second-order valence-electron chi connectivity index (χ2n) is 6.76. The van der Waals surface area contributed by atoms with E-state index in [1.165, 1.54) is 0 Å². The fourth-order valence-electron chi connectivity index (χ4n) is 3.50. The van der Waals surface area contributed by atoms with Crippen LogP contribution in [0.1, 0.15) is 0 Å². The van der Waals surface area contributed by atoms with Crippen LogP contribution in [0.2, 0.25) is 5.02 Å². The summed E-state index contributed by atoms with van der Waals surface area (Å²) in [6.07, 6.45) is -0.595. The summed E-state index contributed by atoms with van der Waals surface area (Å²) in [7, 11) is 0. The van der Waals surface area contributed by atoms with Gasteiger partial charge in [-0.05, 0) is 24.3 Å². The molecule has 6 nitrogen and oxygen atoms in total. The Balaban J connectivity index is 1.24. The number of para-hydroxylation sites is 3. The molecular weight excluding hydrogens is 398 g/mol. The highest BCUT2D eigenvalue weighted by atomic mass is 35.5. The summed E-state index contributed by atoms with van der Waals surface area (Å²) in [6.45, 7) is 2.96. The van der Waals surface area contributed by atoms with Crippen LogP contribution >= 0.6 is 22.9 Å². The maximum absolute atomic E-state index is 12.9. The van der Waals surface area contributed by atoms with E-state index in [1.54, 1.807) is 11.3 Å². The summed E-state index contributed by atoms with van der Waals surface area (Å²) in [5.41, 5.74) is 0.842. The van der Waals surface area contributed by atoms with Crippen molar-refractivity contribution in [2.24, 2.45) is 0 Å². The van der Waals surface area contributed by atoms with Crippen molar-refractivity contribution in [1.82, 2.24) is 9.88 Å². The van der Waals surface area contributed by atoms with Crippen molar-refractivity contribution in [1.29, 1.82) is 0 Å². The maximum Gasteiger partial charge on any atom is 0.267 e. The predicted molar refractivity (Wildman–Crippen MR) is 110 cm³/mol. The van der Waals surface area contributed by atoms with Gasteiger partial charge >= 0.3 is 0 Å². The number of carbonyl (C=O) groups excluding carboxylic acids is 1. The number of piperazine rings is 1. The van der Waals surface area contributed by atoms with Gasteiger partial charge in [-0.3, -0.25) is 4.79 Å². The molecule has 0 unspecified atom stereocenters. The molecule has 0 spiro atoms. The van der Waals surface area contributed by atoms with Crippen LogP contribution in [0.3, 0.4) is 0 Å². The second-order valence-corrected chi connectivity index (χ2v) is 8.18. The zero-order valence-electron chi connectivity index (χ0n) is 15.0. The third-order valence-corrected chi connectivity index (χ3v) is 6.39. The number of aromatic nitrogens is 1. The van der Waals surface area contributed by atoms with Gasteiger partial charge in [0.15, 0.2) is 16.6 Å². The van der Waals surface area contributed by atoms with Crippen molar-refractivity contribution in [3.8, 4) is 11.5 Å². The summed E-state index contributed by atoms with van der Waals surface area (Å²) in [5, 5.41) is 1.62. The first-order valence-corrected chi connectivity index (χ1v) is 10.4. The quantitative estimate of drug-likeness (QED) is 0.641. The third-order valence-electron chi connectivity index (χ3n) is 5.00. The fourth-order valence-corrected chi connectivity index (χ4v) is 4.82.